The molecule has 0 amide bonds. The number of halogens is 1. The van der Waals surface area contributed by atoms with Gasteiger partial charge in [0, 0.05) is 37.5 Å². The Morgan fingerprint density at radius 2 is 1.89 bits per heavy atom. The van der Waals surface area contributed by atoms with E-state index in [1.807, 2.05) is 11.6 Å². The maximum Gasteiger partial charge on any atom is 0.269 e. The molecule has 28 heavy (non-hydrogen) atoms. The third-order valence-corrected chi connectivity index (χ3v) is 4.05. The predicted octanol–water partition coefficient (Wildman–Crippen LogP) is 3.56. The largest absolute Gasteiger partial charge is 0.356 e. The minimum absolute atomic E-state index is 0. The first kappa shape index (κ1) is 23.9. The average molecular weight is 500 g/mol. The average Bonchev–Trinajstić information content (AvgIpc) is 2.97. The molecule has 0 saturated heterocycles. The van der Waals surface area contributed by atoms with Crippen LogP contribution in [0.1, 0.15) is 36.7 Å². The van der Waals surface area contributed by atoms with E-state index in [2.05, 4.69) is 40.6 Å². The third-order valence-electron chi connectivity index (χ3n) is 4.05. The zero-order chi connectivity index (χ0) is 19.6. The quantitative estimate of drug-likeness (QED) is 0.137. The fourth-order valence-electron chi connectivity index (χ4n) is 2.65. The molecule has 0 radical (unpaired) electrons. The second kappa shape index (κ2) is 12.3. The third kappa shape index (κ3) is 7.83. The number of nitrogens with one attached hydrogen (secondary N) is 2. The highest BCUT2D eigenvalue weighted by atomic mass is 127. The number of hydrogen-bond donors (Lipinski definition) is 2. The molecule has 2 N–H and O–H groups in total. The molecule has 1 aromatic heterocycles. The molecule has 1 heterocycles. The first-order valence-electron chi connectivity index (χ1n) is 9.26. The van der Waals surface area contributed by atoms with Crippen molar-refractivity contribution in [1.29, 1.82) is 0 Å². The van der Waals surface area contributed by atoms with Gasteiger partial charge in [0.2, 0.25) is 0 Å². The summed E-state index contributed by atoms with van der Waals surface area (Å²) in [5.41, 5.74) is 3.23. The lowest BCUT2D eigenvalue weighted by atomic mass is 10.2. The Balaban J connectivity index is 0.00000392. The van der Waals surface area contributed by atoms with E-state index in [1.54, 1.807) is 12.1 Å². The van der Waals surface area contributed by atoms with Crippen molar-refractivity contribution < 1.29 is 4.92 Å². The molecule has 8 nitrogen and oxygen atoms in total. The Hall–Kier alpha value is -2.17. The highest BCUT2D eigenvalue weighted by Gasteiger charge is 2.04. The fourth-order valence-corrected chi connectivity index (χ4v) is 2.65. The lowest BCUT2D eigenvalue weighted by Crippen LogP contribution is -2.38. The zero-order valence-corrected chi connectivity index (χ0v) is 19.0. The Morgan fingerprint density at radius 3 is 2.46 bits per heavy atom. The number of rotatable bonds is 9. The number of guanidine groups is 1. The minimum atomic E-state index is -0.397. The van der Waals surface area contributed by atoms with E-state index in [4.69, 9.17) is 0 Å². The topological polar surface area (TPSA) is 97.4 Å². The molecule has 154 valence electrons. The van der Waals surface area contributed by atoms with Crippen LogP contribution >= 0.6 is 24.0 Å². The Kier molecular flexibility index (Phi) is 10.5. The monoisotopic (exact) mass is 500 g/mol. The van der Waals surface area contributed by atoms with Crippen molar-refractivity contribution in [2.75, 3.05) is 13.1 Å². The van der Waals surface area contributed by atoms with Crippen molar-refractivity contribution >= 4 is 35.6 Å². The van der Waals surface area contributed by atoms with E-state index in [1.165, 1.54) is 17.8 Å². The first-order valence-corrected chi connectivity index (χ1v) is 9.26. The van der Waals surface area contributed by atoms with Gasteiger partial charge in [0.1, 0.15) is 0 Å². The lowest BCUT2D eigenvalue weighted by Gasteiger charge is -2.12. The maximum atomic E-state index is 10.7. The van der Waals surface area contributed by atoms with Crippen LogP contribution in [-0.2, 0) is 13.1 Å². The van der Waals surface area contributed by atoms with Crippen LogP contribution < -0.4 is 10.6 Å². The van der Waals surface area contributed by atoms with Gasteiger partial charge >= 0.3 is 0 Å². The summed E-state index contributed by atoms with van der Waals surface area (Å²) in [5.74, 6) is 0.753. The molecular formula is C19H29IN6O2. The highest BCUT2D eigenvalue weighted by molar-refractivity contribution is 14.0. The summed E-state index contributed by atoms with van der Waals surface area (Å²) < 4.78 is 2.02. The summed E-state index contributed by atoms with van der Waals surface area (Å²) in [7, 11) is 0. The zero-order valence-electron chi connectivity index (χ0n) is 16.6. The number of non-ortho nitro benzene ring substituents is 1. The molecule has 1 aromatic carbocycles. The number of hydrogen-bond acceptors (Lipinski definition) is 4. The van der Waals surface area contributed by atoms with E-state index in [0.29, 0.717) is 6.54 Å². The molecular weight excluding hydrogens is 471 g/mol. The Bertz CT molecular complexity index is 773. The molecule has 0 aliphatic carbocycles. The summed E-state index contributed by atoms with van der Waals surface area (Å²) in [4.78, 5) is 14.9. The van der Waals surface area contributed by atoms with Crippen LogP contribution in [0.2, 0.25) is 0 Å². The second-order valence-corrected chi connectivity index (χ2v) is 6.45. The number of benzene rings is 1. The van der Waals surface area contributed by atoms with Crippen molar-refractivity contribution in [3.8, 4) is 0 Å². The molecule has 0 spiro atoms. The van der Waals surface area contributed by atoms with Crippen LogP contribution in [0.25, 0.3) is 0 Å². The van der Waals surface area contributed by atoms with E-state index in [0.717, 1.165) is 49.7 Å². The second-order valence-electron chi connectivity index (χ2n) is 6.45. The van der Waals surface area contributed by atoms with Crippen molar-refractivity contribution in [2.24, 2.45) is 4.99 Å². The van der Waals surface area contributed by atoms with E-state index < -0.39 is 4.92 Å². The fraction of sp³-hybridized carbons (Fsp3) is 0.474. The smallest absolute Gasteiger partial charge is 0.269 e. The molecule has 2 aromatic rings. The van der Waals surface area contributed by atoms with E-state index >= 15 is 0 Å². The molecule has 9 heteroatoms. The molecule has 0 atom stereocenters. The highest BCUT2D eigenvalue weighted by Crippen LogP contribution is 2.12. The predicted molar refractivity (Wildman–Crippen MR) is 122 cm³/mol. The minimum Gasteiger partial charge on any atom is -0.356 e. The van der Waals surface area contributed by atoms with Gasteiger partial charge in [0.25, 0.3) is 5.69 Å². The molecule has 0 saturated carbocycles. The maximum absolute atomic E-state index is 10.7. The normalized spacial score (nSPS) is 11.0. The van der Waals surface area contributed by atoms with Gasteiger partial charge in [-0.1, -0.05) is 19.1 Å². The number of nitrogens with zero attached hydrogens (tertiary/aromatic N) is 4. The van der Waals surface area contributed by atoms with Crippen LogP contribution in [0.3, 0.4) is 0 Å². The van der Waals surface area contributed by atoms with Crippen molar-refractivity contribution in [3.63, 3.8) is 0 Å². The number of aromatic nitrogens is 2. The molecule has 2 rings (SSSR count). The van der Waals surface area contributed by atoms with E-state index in [9.17, 15) is 10.1 Å². The van der Waals surface area contributed by atoms with Crippen LogP contribution in [0.4, 0.5) is 5.69 Å². The summed E-state index contributed by atoms with van der Waals surface area (Å²) in [5, 5.41) is 21.8. The van der Waals surface area contributed by atoms with E-state index in [-0.39, 0.29) is 29.7 Å². The molecule has 0 aliphatic heterocycles. The summed E-state index contributed by atoms with van der Waals surface area (Å²) in [6.45, 7) is 9.11. The van der Waals surface area contributed by atoms with Gasteiger partial charge in [-0.3, -0.25) is 14.8 Å². The van der Waals surface area contributed by atoms with Gasteiger partial charge in [0.05, 0.1) is 17.2 Å². The Labute approximate surface area is 183 Å². The number of nitro benzene ring substituents is 1. The molecule has 0 unspecified atom stereocenters. The van der Waals surface area contributed by atoms with Gasteiger partial charge in [-0.05, 0) is 38.3 Å². The van der Waals surface area contributed by atoms with Crippen LogP contribution in [0.5, 0.6) is 0 Å². The van der Waals surface area contributed by atoms with Gasteiger partial charge < -0.3 is 10.6 Å². The number of aryl methyl sites for hydroxylation is 3. The van der Waals surface area contributed by atoms with Gasteiger partial charge in [-0.25, -0.2) is 4.99 Å². The van der Waals surface area contributed by atoms with Crippen molar-refractivity contribution in [1.82, 2.24) is 20.4 Å². The first-order chi connectivity index (χ1) is 13.0. The molecule has 0 bridgehead atoms. The summed E-state index contributed by atoms with van der Waals surface area (Å²) >= 11 is 0. The van der Waals surface area contributed by atoms with Gasteiger partial charge in [0.15, 0.2) is 5.96 Å². The number of aliphatic imine (C=N–C) groups is 1. The summed E-state index contributed by atoms with van der Waals surface area (Å²) in [6, 6.07) is 8.56. The Morgan fingerprint density at radius 1 is 1.21 bits per heavy atom. The van der Waals surface area contributed by atoms with Crippen LogP contribution in [-0.4, -0.2) is 33.8 Å². The van der Waals surface area contributed by atoms with Crippen molar-refractivity contribution in [3.05, 3.63) is 57.4 Å². The lowest BCUT2D eigenvalue weighted by molar-refractivity contribution is -0.384. The van der Waals surface area contributed by atoms with Crippen LogP contribution in [0, 0.1) is 24.0 Å². The molecule has 0 aliphatic rings. The standard InChI is InChI=1S/C19H28N6O2.HI/c1-4-10-20-19(21-11-5-12-24-16(3)13-15(2)23-24)22-14-17-6-8-18(9-7-17)25(26)27;/h6-9,13H,4-5,10-12,14H2,1-3H3,(H2,20,21,22);1H. The van der Waals surface area contributed by atoms with Gasteiger partial charge in [-0.2, -0.15) is 5.10 Å². The van der Waals surface area contributed by atoms with Crippen LogP contribution in [0.15, 0.2) is 35.3 Å². The number of nitro groups is 1. The SMILES string of the molecule is CCCNC(=NCc1ccc([N+](=O)[O-])cc1)NCCCn1nc(C)cc1C.I. The molecule has 0 fully saturated rings. The van der Waals surface area contributed by atoms with Gasteiger partial charge in [-0.15, -0.1) is 24.0 Å². The van der Waals surface area contributed by atoms with Crippen molar-refractivity contribution in [2.45, 2.75) is 46.7 Å². The summed E-state index contributed by atoms with van der Waals surface area (Å²) in [6.07, 6.45) is 1.94.